The zero-order valence-corrected chi connectivity index (χ0v) is 12.8. The molecule has 1 heterocycles. The number of benzene rings is 1. The van der Waals surface area contributed by atoms with Crippen molar-refractivity contribution in [3.8, 4) is 5.69 Å². The summed E-state index contributed by atoms with van der Waals surface area (Å²) in [6.07, 6.45) is 3.39. The number of nitrogens with one attached hydrogen (secondary N) is 1. The molecule has 0 saturated heterocycles. The summed E-state index contributed by atoms with van der Waals surface area (Å²) >= 11 is 12.0. The van der Waals surface area contributed by atoms with Gasteiger partial charge in [0.1, 0.15) is 0 Å². The van der Waals surface area contributed by atoms with Crippen molar-refractivity contribution in [1.82, 2.24) is 15.1 Å². The number of nitrogens with zero attached hydrogens (tertiary/aromatic N) is 2. The lowest BCUT2D eigenvalue weighted by Crippen LogP contribution is -2.35. The quantitative estimate of drug-likeness (QED) is 0.925. The van der Waals surface area contributed by atoms with E-state index in [9.17, 15) is 0 Å². The molecule has 0 spiro atoms. The van der Waals surface area contributed by atoms with Crippen molar-refractivity contribution >= 4 is 23.2 Å². The third kappa shape index (κ3) is 3.96. The van der Waals surface area contributed by atoms with Crippen LogP contribution in [-0.2, 0) is 6.54 Å². The largest absolute Gasteiger partial charge is 0.308 e. The summed E-state index contributed by atoms with van der Waals surface area (Å²) in [6, 6.07) is 5.78. The topological polar surface area (TPSA) is 29.9 Å². The fourth-order valence-corrected chi connectivity index (χ4v) is 2.00. The van der Waals surface area contributed by atoms with E-state index in [0.717, 1.165) is 17.8 Å². The molecule has 0 aliphatic carbocycles. The van der Waals surface area contributed by atoms with Crippen LogP contribution >= 0.6 is 23.2 Å². The summed E-state index contributed by atoms with van der Waals surface area (Å²) in [4.78, 5) is 0. The first-order valence-electron chi connectivity index (χ1n) is 6.09. The highest BCUT2D eigenvalue weighted by atomic mass is 35.5. The highest BCUT2D eigenvalue weighted by Gasteiger charge is 2.12. The number of hydrogen-bond donors (Lipinski definition) is 1. The lowest BCUT2D eigenvalue weighted by atomic mass is 10.1. The second kappa shape index (κ2) is 5.53. The minimum atomic E-state index is 0.0542. The van der Waals surface area contributed by atoms with Gasteiger partial charge in [0.05, 0.1) is 16.9 Å². The second-order valence-corrected chi connectivity index (χ2v) is 6.35. The van der Waals surface area contributed by atoms with Gasteiger partial charge in [-0.3, -0.25) is 0 Å². The molecule has 0 radical (unpaired) electrons. The molecule has 3 nitrogen and oxygen atoms in total. The zero-order valence-electron chi connectivity index (χ0n) is 11.2. The normalized spacial score (nSPS) is 11.8. The third-order valence-corrected chi connectivity index (χ3v) is 3.08. The molecule has 0 atom stereocenters. The van der Waals surface area contributed by atoms with Crippen LogP contribution in [0.2, 0.25) is 10.0 Å². The molecule has 1 aromatic carbocycles. The van der Waals surface area contributed by atoms with E-state index in [-0.39, 0.29) is 5.54 Å². The van der Waals surface area contributed by atoms with E-state index >= 15 is 0 Å². The van der Waals surface area contributed by atoms with Gasteiger partial charge in [-0.2, -0.15) is 5.10 Å². The van der Waals surface area contributed by atoms with Crippen molar-refractivity contribution < 1.29 is 0 Å². The molecule has 0 saturated carbocycles. The number of halogens is 2. The van der Waals surface area contributed by atoms with Crippen molar-refractivity contribution in [3.63, 3.8) is 0 Å². The van der Waals surface area contributed by atoms with Crippen LogP contribution in [0.4, 0.5) is 0 Å². The van der Waals surface area contributed by atoms with E-state index in [4.69, 9.17) is 23.2 Å². The molecular weight excluding hydrogens is 281 g/mol. The van der Waals surface area contributed by atoms with Crippen LogP contribution in [0.3, 0.4) is 0 Å². The average Bonchev–Trinajstić information content (AvgIpc) is 2.73. The highest BCUT2D eigenvalue weighted by Crippen LogP contribution is 2.21. The Morgan fingerprint density at radius 1 is 1.21 bits per heavy atom. The Balaban J connectivity index is 2.33. The van der Waals surface area contributed by atoms with Crippen LogP contribution in [0.25, 0.3) is 5.69 Å². The number of aromatic nitrogens is 2. The van der Waals surface area contributed by atoms with E-state index in [1.807, 2.05) is 18.2 Å². The van der Waals surface area contributed by atoms with Gasteiger partial charge in [-0.1, -0.05) is 29.3 Å². The maximum atomic E-state index is 6.07. The molecule has 0 aliphatic heterocycles. The molecule has 0 fully saturated rings. The van der Waals surface area contributed by atoms with Gasteiger partial charge < -0.3 is 5.32 Å². The molecule has 1 aromatic heterocycles. The molecule has 5 heteroatoms. The van der Waals surface area contributed by atoms with Gasteiger partial charge in [0.25, 0.3) is 0 Å². The summed E-state index contributed by atoms with van der Waals surface area (Å²) in [5, 5.41) is 8.98. The monoisotopic (exact) mass is 297 g/mol. The summed E-state index contributed by atoms with van der Waals surface area (Å²) in [5.41, 5.74) is 2.12. The Bertz CT molecular complexity index is 570. The Morgan fingerprint density at radius 2 is 1.95 bits per heavy atom. The molecule has 0 amide bonds. The first-order chi connectivity index (χ1) is 8.85. The Labute approximate surface area is 123 Å². The van der Waals surface area contributed by atoms with Gasteiger partial charge in [-0.05, 0) is 38.5 Å². The van der Waals surface area contributed by atoms with Crippen molar-refractivity contribution in [1.29, 1.82) is 0 Å². The smallest absolute Gasteiger partial charge is 0.0790 e. The second-order valence-electron chi connectivity index (χ2n) is 5.48. The van der Waals surface area contributed by atoms with Gasteiger partial charge in [0.2, 0.25) is 0 Å². The summed E-state index contributed by atoms with van der Waals surface area (Å²) < 4.78 is 1.74. The minimum Gasteiger partial charge on any atom is -0.308 e. The molecule has 0 unspecified atom stereocenters. The summed E-state index contributed by atoms with van der Waals surface area (Å²) in [6.45, 7) is 7.14. The van der Waals surface area contributed by atoms with Crippen molar-refractivity contribution in [3.05, 3.63) is 46.2 Å². The lowest BCUT2D eigenvalue weighted by molar-refractivity contribution is 0.424. The standard InChI is InChI=1S/C14H17Cl2N3/c1-14(2,3)17-7-10-4-5-11(15)6-13(10)19-9-12(16)8-18-19/h4-6,8-9,17H,7H2,1-3H3. The first-order valence-corrected chi connectivity index (χ1v) is 6.85. The van der Waals surface area contributed by atoms with Crippen molar-refractivity contribution in [2.45, 2.75) is 32.9 Å². The summed E-state index contributed by atoms with van der Waals surface area (Å²) in [5.74, 6) is 0. The van der Waals surface area contributed by atoms with Crippen LogP contribution in [0, 0.1) is 0 Å². The van der Waals surface area contributed by atoms with Gasteiger partial charge in [0, 0.05) is 23.3 Å². The molecule has 102 valence electrons. The maximum Gasteiger partial charge on any atom is 0.0790 e. The predicted molar refractivity (Wildman–Crippen MR) is 80.2 cm³/mol. The predicted octanol–water partition coefficient (Wildman–Crippen LogP) is 4.07. The zero-order chi connectivity index (χ0) is 14.0. The van der Waals surface area contributed by atoms with Crippen LogP contribution in [-0.4, -0.2) is 15.3 Å². The van der Waals surface area contributed by atoms with E-state index in [2.05, 4.69) is 31.2 Å². The molecular formula is C14H17Cl2N3. The van der Waals surface area contributed by atoms with Crippen LogP contribution < -0.4 is 5.32 Å². The molecule has 19 heavy (non-hydrogen) atoms. The van der Waals surface area contributed by atoms with Gasteiger partial charge in [-0.25, -0.2) is 4.68 Å². The Hall–Kier alpha value is -1.03. The molecule has 0 aliphatic rings. The maximum absolute atomic E-state index is 6.07. The fourth-order valence-electron chi connectivity index (χ4n) is 1.69. The van der Waals surface area contributed by atoms with E-state index in [0.29, 0.717) is 10.0 Å². The third-order valence-electron chi connectivity index (χ3n) is 2.65. The molecule has 2 rings (SSSR count). The SMILES string of the molecule is CC(C)(C)NCc1ccc(Cl)cc1-n1cc(Cl)cn1. The van der Waals surface area contributed by atoms with Crippen LogP contribution in [0.15, 0.2) is 30.6 Å². The van der Waals surface area contributed by atoms with Crippen LogP contribution in [0.5, 0.6) is 0 Å². The van der Waals surface area contributed by atoms with Crippen molar-refractivity contribution in [2.24, 2.45) is 0 Å². The van der Waals surface area contributed by atoms with Gasteiger partial charge in [0.15, 0.2) is 0 Å². The molecule has 1 N–H and O–H groups in total. The minimum absolute atomic E-state index is 0.0542. The fraction of sp³-hybridized carbons (Fsp3) is 0.357. The van der Waals surface area contributed by atoms with E-state index in [1.54, 1.807) is 17.1 Å². The number of hydrogen-bond acceptors (Lipinski definition) is 2. The van der Waals surface area contributed by atoms with E-state index in [1.165, 1.54) is 0 Å². The van der Waals surface area contributed by atoms with Crippen molar-refractivity contribution in [2.75, 3.05) is 0 Å². The van der Waals surface area contributed by atoms with Gasteiger partial charge >= 0.3 is 0 Å². The van der Waals surface area contributed by atoms with Crippen LogP contribution in [0.1, 0.15) is 26.3 Å². The van der Waals surface area contributed by atoms with E-state index < -0.39 is 0 Å². The summed E-state index contributed by atoms with van der Waals surface area (Å²) in [7, 11) is 0. The average molecular weight is 298 g/mol. The lowest BCUT2D eigenvalue weighted by Gasteiger charge is -2.21. The first kappa shape index (κ1) is 14.4. The molecule has 0 bridgehead atoms. The molecule has 2 aromatic rings. The Kier molecular flexibility index (Phi) is 4.19. The Morgan fingerprint density at radius 3 is 2.53 bits per heavy atom. The number of rotatable bonds is 3. The highest BCUT2D eigenvalue weighted by molar-refractivity contribution is 6.31. The van der Waals surface area contributed by atoms with Gasteiger partial charge in [-0.15, -0.1) is 0 Å².